The number of carbonyl (C=O) groups is 1. The lowest BCUT2D eigenvalue weighted by Gasteiger charge is -2.24. The lowest BCUT2D eigenvalue weighted by Crippen LogP contribution is -2.35. The molecule has 0 saturated carbocycles. The first-order chi connectivity index (χ1) is 9.62. The molecule has 1 N–H and O–H groups in total. The van der Waals surface area contributed by atoms with Crippen molar-refractivity contribution in [3.8, 4) is 0 Å². The van der Waals surface area contributed by atoms with Gasteiger partial charge in [-0.15, -0.1) is 0 Å². The average Bonchev–Trinajstić information content (AvgIpc) is 2.47. The predicted octanol–water partition coefficient (Wildman–Crippen LogP) is 3.45. The second-order valence-electron chi connectivity index (χ2n) is 5.57. The summed E-state index contributed by atoms with van der Waals surface area (Å²) in [5.41, 5.74) is 3.48. The Labute approximate surface area is 120 Å². The van der Waals surface area contributed by atoms with Gasteiger partial charge in [0.1, 0.15) is 0 Å². The van der Waals surface area contributed by atoms with E-state index in [9.17, 15) is 4.79 Å². The van der Waals surface area contributed by atoms with E-state index in [1.807, 2.05) is 19.9 Å². The molecule has 0 atom stereocenters. The molecule has 104 valence electrons. The van der Waals surface area contributed by atoms with Crippen LogP contribution in [-0.4, -0.2) is 6.41 Å². The van der Waals surface area contributed by atoms with E-state index in [0.717, 1.165) is 24.8 Å². The van der Waals surface area contributed by atoms with E-state index >= 15 is 0 Å². The van der Waals surface area contributed by atoms with Crippen molar-refractivity contribution in [3.05, 3.63) is 71.3 Å². The summed E-state index contributed by atoms with van der Waals surface area (Å²) in [6.45, 7) is 4.00. The van der Waals surface area contributed by atoms with Crippen LogP contribution in [0, 0.1) is 0 Å². The largest absolute Gasteiger partial charge is 0.350 e. The molecule has 0 unspecified atom stereocenters. The van der Waals surface area contributed by atoms with Crippen molar-refractivity contribution in [2.75, 3.05) is 0 Å². The highest BCUT2D eigenvalue weighted by Crippen LogP contribution is 2.20. The highest BCUT2D eigenvalue weighted by Gasteiger charge is 2.18. The minimum absolute atomic E-state index is 0.320. The van der Waals surface area contributed by atoms with E-state index in [2.05, 4.69) is 53.8 Å². The standard InChI is InChI=1S/C18H21NO/c1-18(2,19-14-20)17-12-10-16(11-13-17)9-8-15-6-4-3-5-7-15/h3-7,10-14H,8-9H2,1-2H3,(H,19,20). The lowest BCUT2D eigenvalue weighted by atomic mass is 9.93. The van der Waals surface area contributed by atoms with Gasteiger partial charge in [0.2, 0.25) is 6.41 Å². The number of aryl methyl sites for hydroxylation is 2. The number of nitrogens with one attached hydrogen (secondary N) is 1. The van der Waals surface area contributed by atoms with Gasteiger partial charge in [0.15, 0.2) is 0 Å². The van der Waals surface area contributed by atoms with Crippen molar-refractivity contribution in [2.24, 2.45) is 0 Å². The molecule has 0 radical (unpaired) electrons. The van der Waals surface area contributed by atoms with Crippen LogP contribution in [0.5, 0.6) is 0 Å². The molecule has 0 heterocycles. The summed E-state index contributed by atoms with van der Waals surface area (Å²) < 4.78 is 0. The van der Waals surface area contributed by atoms with Gasteiger partial charge in [-0.1, -0.05) is 54.6 Å². The highest BCUT2D eigenvalue weighted by molar-refractivity contribution is 5.49. The lowest BCUT2D eigenvalue weighted by molar-refractivity contribution is -0.111. The molecule has 20 heavy (non-hydrogen) atoms. The van der Waals surface area contributed by atoms with Crippen molar-refractivity contribution in [1.29, 1.82) is 0 Å². The van der Waals surface area contributed by atoms with Gasteiger partial charge in [0.05, 0.1) is 5.54 Å². The minimum atomic E-state index is -0.320. The van der Waals surface area contributed by atoms with Gasteiger partial charge in [-0.2, -0.15) is 0 Å². The van der Waals surface area contributed by atoms with Crippen LogP contribution in [0.4, 0.5) is 0 Å². The molecule has 2 aromatic rings. The molecule has 2 aromatic carbocycles. The van der Waals surface area contributed by atoms with Crippen LogP contribution in [0.2, 0.25) is 0 Å². The maximum Gasteiger partial charge on any atom is 0.207 e. The van der Waals surface area contributed by atoms with E-state index in [0.29, 0.717) is 0 Å². The highest BCUT2D eigenvalue weighted by atomic mass is 16.1. The Morgan fingerprint density at radius 3 is 2.00 bits per heavy atom. The molecule has 0 fully saturated rings. The zero-order valence-corrected chi connectivity index (χ0v) is 12.1. The van der Waals surface area contributed by atoms with Crippen molar-refractivity contribution in [2.45, 2.75) is 32.2 Å². The van der Waals surface area contributed by atoms with Gasteiger partial charge in [0.25, 0.3) is 0 Å². The molecule has 2 nitrogen and oxygen atoms in total. The van der Waals surface area contributed by atoms with E-state index < -0.39 is 0 Å². The molecular formula is C18H21NO. The van der Waals surface area contributed by atoms with Crippen molar-refractivity contribution in [1.82, 2.24) is 5.32 Å². The second kappa shape index (κ2) is 6.38. The summed E-state index contributed by atoms with van der Waals surface area (Å²) in [4.78, 5) is 10.6. The Bertz CT molecular complexity index is 543. The third-order valence-corrected chi connectivity index (χ3v) is 3.64. The molecule has 0 aromatic heterocycles. The van der Waals surface area contributed by atoms with E-state index in [4.69, 9.17) is 0 Å². The normalized spacial score (nSPS) is 11.1. The van der Waals surface area contributed by atoms with E-state index in [1.165, 1.54) is 11.1 Å². The van der Waals surface area contributed by atoms with Gasteiger partial charge in [-0.05, 0) is 43.4 Å². The topological polar surface area (TPSA) is 29.1 Å². The smallest absolute Gasteiger partial charge is 0.207 e. The Hall–Kier alpha value is -2.09. The fourth-order valence-electron chi connectivity index (χ4n) is 2.25. The molecule has 0 saturated heterocycles. The molecule has 0 aliphatic carbocycles. The first kappa shape index (κ1) is 14.3. The number of rotatable bonds is 6. The summed E-state index contributed by atoms with van der Waals surface area (Å²) in [7, 11) is 0. The monoisotopic (exact) mass is 267 g/mol. The molecule has 1 amide bonds. The van der Waals surface area contributed by atoms with Crippen LogP contribution >= 0.6 is 0 Å². The van der Waals surface area contributed by atoms with Crippen molar-refractivity contribution in [3.63, 3.8) is 0 Å². The van der Waals surface area contributed by atoms with Crippen LogP contribution in [0.15, 0.2) is 54.6 Å². The third kappa shape index (κ3) is 3.70. The maximum absolute atomic E-state index is 10.6. The number of amides is 1. The SMILES string of the molecule is CC(C)(NC=O)c1ccc(CCc2ccccc2)cc1. The fourth-order valence-corrected chi connectivity index (χ4v) is 2.25. The number of benzene rings is 2. The third-order valence-electron chi connectivity index (χ3n) is 3.64. The van der Waals surface area contributed by atoms with Gasteiger partial charge < -0.3 is 5.32 Å². The second-order valence-corrected chi connectivity index (χ2v) is 5.57. The van der Waals surface area contributed by atoms with Crippen LogP contribution in [0.25, 0.3) is 0 Å². The number of hydrogen-bond acceptors (Lipinski definition) is 1. The summed E-state index contributed by atoms with van der Waals surface area (Å²) in [5.74, 6) is 0. The first-order valence-corrected chi connectivity index (χ1v) is 6.96. The predicted molar refractivity (Wildman–Crippen MR) is 82.5 cm³/mol. The molecule has 0 aliphatic heterocycles. The minimum Gasteiger partial charge on any atom is -0.350 e. The van der Waals surface area contributed by atoms with Gasteiger partial charge in [0, 0.05) is 0 Å². The molecule has 2 rings (SSSR count). The van der Waals surface area contributed by atoms with E-state index in [-0.39, 0.29) is 5.54 Å². The summed E-state index contributed by atoms with van der Waals surface area (Å²) >= 11 is 0. The zero-order valence-electron chi connectivity index (χ0n) is 12.1. The van der Waals surface area contributed by atoms with Crippen molar-refractivity contribution >= 4 is 6.41 Å². The molecule has 0 bridgehead atoms. The Morgan fingerprint density at radius 2 is 1.45 bits per heavy atom. The molecular weight excluding hydrogens is 246 g/mol. The molecule has 0 spiro atoms. The summed E-state index contributed by atoms with van der Waals surface area (Å²) in [5, 5.41) is 2.83. The van der Waals surface area contributed by atoms with Gasteiger partial charge >= 0.3 is 0 Å². The van der Waals surface area contributed by atoms with Crippen LogP contribution in [0.3, 0.4) is 0 Å². The molecule has 0 aliphatic rings. The average molecular weight is 267 g/mol. The summed E-state index contributed by atoms with van der Waals surface area (Å²) in [6.07, 6.45) is 2.84. The van der Waals surface area contributed by atoms with Crippen molar-refractivity contribution < 1.29 is 4.79 Å². The van der Waals surface area contributed by atoms with Crippen LogP contribution < -0.4 is 5.32 Å². The van der Waals surface area contributed by atoms with Crippen LogP contribution in [-0.2, 0) is 23.2 Å². The Balaban J connectivity index is 2.00. The number of carbonyl (C=O) groups excluding carboxylic acids is 1. The fraction of sp³-hybridized carbons (Fsp3) is 0.278. The Kier molecular flexibility index (Phi) is 4.57. The van der Waals surface area contributed by atoms with E-state index in [1.54, 1.807) is 0 Å². The van der Waals surface area contributed by atoms with Gasteiger partial charge in [-0.3, -0.25) is 4.79 Å². The Morgan fingerprint density at radius 1 is 0.900 bits per heavy atom. The first-order valence-electron chi connectivity index (χ1n) is 6.96. The number of hydrogen-bond donors (Lipinski definition) is 1. The summed E-state index contributed by atoms with van der Waals surface area (Å²) in [6, 6.07) is 19.0. The zero-order chi connectivity index (χ0) is 14.4. The van der Waals surface area contributed by atoms with Crippen LogP contribution in [0.1, 0.15) is 30.5 Å². The quantitative estimate of drug-likeness (QED) is 0.798. The van der Waals surface area contributed by atoms with Gasteiger partial charge in [-0.25, -0.2) is 0 Å². The molecule has 2 heteroatoms. The maximum atomic E-state index is 10.6.